The summed E-state index contributed by atoms with van der Waals surface area (Å²) in [6.07, 6.45) is 1.28. The highest BCUT2D eigenvalue weighted by Gasteiger charge is 2.12. The van der Waals surface area contributed by atoms with Crippen molar-refractivity contribution in [3.8, 4) is 17.4 Å². The van der Waals surface area contributed by atoms with Gasteiger partial charge in [0.1, 0.15) is 12.1 Å². The zero-order valence-corrected chi connectivity index (χ0v) is 10.9. The third-order valence-electron chi connectivity index (χ3n) is 2.05. The molecule has 1 aromatic carbocycles. The first-order valence-corrected chi connectivity index (χ1v) is 5.64. The van der Waals surface area contributed by atoms with Gasteiger partial charge in [-0.2, -0.15) is 4.98 Å². The van der Waals surface area contributed by atoms with Crippen molar-refractivity contribution in [2.45, 2.75) is 0 Å². The molecule has 2 N–H and O–H groups in total. The second kappa shape index (κ2) is 5.29. The molecule has 0 bridgehead atoms. The number of benzene rings is 1. The van der Waals surface area contributed by atoms with Gasteiger partial charge in [0.05, 0.1) is 7.11 Å². The number of rotatable bonds is 3. The maximum absolute atomic E-state index is 5.87. The number of nitrogens with two attached hydrogens (primary N) is 1. The summed E-state index contributed by atoms with van der Waals surface area (Å²) in [4.78, 5) is 7.74. The molecule has 2 aromatic rings. The number of aromatic nitrogens is 2. The quantitative estimate of drug-likeness (QED) is 0.938. The van der Waals surface area contributed by atoms with Gasteiger partial charge < -0.3 is 15.2 Å². The van der Waals surface area contributed by atoms with E-state index in [0.29, 0.717) is 15.8 Å². The molecule has 5 nitrogen and oxygen atoms in total. The molecule has 0 unspecified atom stereocenters. The van der Waals surface area contributed by atoms with Crippen LogP contribution in [0, 0.1) is 0 Å². The Morgan fingerprint density at radius 2 is 1.78 bits per heavy atom. The molecule has 7 heteroatoms. The molecule has 0 spiro atoms. The van der Waals surface area contributed by atoms with Crippen LogP contribution in [0.3, 0.4) is 0 Å². The Balaban J connectivity index is 2.36. The first kappa shape index (κ1) is 12.7. The molecule has 0 saturated heterocycles. The molecular formula is C11H9Cl2N3O2. The number of anilines is 1. The van der Waals surface area contributed by atoms with Crippen molar-refractivity contribution >= 4 is 29.0 Å². The lowest BCUT2D eigenvalue weighted by atomic mass is 10.3. The summed E-state index contributed by atoms with van der Waals surface area (Å²) >= 11 is 11.7. The molecule has 0 atom stereocenters. The van der Waals surface area contributed by atoms with Crippen LogP contribution in [0.2, 0.25) is 10.0 Å². The van der Waals surface area contributed by atoms with E-state index in [1.807, 2.05) is 0 Å². The number of hydrogen-bond acceptors (Lipinski definition) is 5. The minimum absolute atomic E-state index is 0.190. The first-order valence-electron chi connectivity index (χ1n) is 4.88. The fraction of sp³-hybridized carbons (Fsp3) is 0.0909. The van der Waals surface area contributed by atoms with E-state index >= 15 is 0 Å². The highest BCUT2D eigenvalue weighted by molar-refractivity contribution is 6.34. The Bertz CT molecular complexity index is 558. The van der Waals surface area contributed by atoms with Crippen molar-refractivity contribution in [1.82, 2.24) is 9.97 Å². The number of halogens is 2. The lowest BCUT2D eigenvalue weighted by Gasteiger charge is -2.10. The normalized spacial score (nSPS) is 10.2. The molecule has 1 aromatic heterocycles. The minimum atomic E-state index is 0.190. The molecule has 0 amide bonds. The van der Waals surface area contributed by atoms with Crippen molar-refractivity contribution in [2.75, 3.05) is 12.8 Å². The topological polar surface area (TPSA) is 70.3 Å². The first-order chi connectivity index (χ1) is 8.60. The van der Waals surface area contributed by atoms with Crippen LogP contribution in [0.5, 0.6) is 17.4 Å². The van der Waals surface area contributed by atoms with E-state index in [-0.39, 0.29) is 17.4 Å². The summed E-state index contributed by atoms with van der Waals surface area (Å²) in [7, 11) is 1.45. The van der Waals surface area contributed by atoms with Gasteiger partial charge in [0.2, 0.25) is 5.75 Å². The zero-order valence-electron chi connectivity index (χ0n) is 9.35. The Labute approximate surface area is 113 Å². The average molecular weight is 286 g/mol. The van der Waals surface area contributed by atoms with E-state index in [1.165, 1.54) is 13.4 Å². The van der Waals surface area contributed by atoms with E-state index in [1.54, 1.807) is 18.2 Å². The van der Waals surface area contributed by atoms with Gasteiger partial charge in [0.15, 0.2) is 5.82 Å². The zero-order chi connectivity index (χ0) is 13.1. The summed E-state index contributed by atoms with van der Waals surface area (Å²) in [6, 6.07) is 4.80. The van der Waals surface area contributed by atoms with Crippen molar-refractivity contribution in [3.05, 3.63) is 34.6 Å². The monoisotopic (exact) mass is 285 g/mol. The van der Waals surface area contributed by atoms with Crippen LogP contribution in [0.15, 0.2) is 24.5 Å². The molecule has 2 rings (SSSR count). The van der Waals surface area contributed by atoms with Crippen molar-refractivity contribution in [1.29, 1.82) is 0 Å². The molecule has 0 aliphatic heterocycles. The fourth-order valence-corrected chi connectivity index (χ4v) is 1.84. The van der Waals surface area contributed by atoms with Crippen LogP contribution in [0.25, 0.3) is 0 Å². The largest absolute Gasteiger partial charge is 0.489 e. The predicted octanol–water partition coefficient (Wildman–Crippen LogP) is 3.17. The van der Waals surface area contributed by atoms with Crippen LogP contribution in [0.4, 0.5) is 5.82 Å². The molecule has 1 heterocycles. The number of nitrogens with zero attached hydrogens (tertiary/aromatic N) is 2. The van der Waals surface area contributed by atoms with Crippen LogP contribution < -0.4 is 15.2 Å². The highest BCUT2D eigenvalue weighted by atomic mass is 35.5. The van der Waals surface area contributed by atoms with E-state index in [0.717, 1.165) is 0 Å². The second-order valence-corrected chi connectivity index (χ2v) is 4.18. The summed E-state index contributed by atoms with van der Waals surface area (Å²) in [5, 5.41) is 0.914. The smallest absolute Gasteiger partial charge is 0.268 e. The number of nitrogen functional groups attached to an aromatic ring is 1. The summed E-state index contributed by atoms with van der Waals surface area (Å²) in [5.74, 6) is 1.08. The lowest BCUT2D eigenvalue weighted by Crippen LogP contribution is -2.00. The Morgan fingerprint density at radius 1 is 1.11 bits per heavy atom. The third kappa shape index (κ3) is 2.75. The van der Waals surface area contributed by atoms with E-state index in [4.69, 9.17) is 38.4 Å². The molecule has 18 heavy (non-hydrogen) atoms. The van der Waals surface area contributed by atoms with Gasteiger partial charge in [-0.3, -0.25) is 0 Å². The van der Waals surface area contributed by atoms with Gasteiger partial charge in [-0.15, -0.1) is 0 Å². The van der Waals surface area contributed by atoms with Crippen LogP contribution in [0.1, 0.15) is 0 Å². The maximum atomic E-state index is 5.87. The Morgan fingerprint density at radius 3 is 2.39 bits per heavy atom. The van der Waals surface area contributed by atoms with Crippen molar-refractivity contribution in [3.63, 3.8) is 0 Å². The summed E-state index contributed by atoms with van der Waals surface area (Å²) in [6.45, 7) is 0. The second-order valence-electron chi connectivity index (χ2n) is 3.30. The number of ether oxygens (including phenoxy) is 2. The SMILES string of the molecule is COc1c(N)ncnc1Oc1cc(Cl)cc(Cl)c1. The van der Waals surface area contributed by atoms with Crippen LogP contribution in [-0.2, 0) is 0 Å². The predicted molar refractivity (Wildman–Crippen MR) is 69.5 cm³/mol. The molecule has 0 saturated carbocycles. The van der Waals surface area contributed by atoms with Gasteiger partial charge in [-0.1, -0.05) is 23.2 Å². The Kier molecular flexibility index (Phi) is 3.74. The molecule has 0 aliphatic carbocycles. The van der Waals surface area contributed by atoms with Crippen LogP contribution in [-0.4, -0.2) is 17.1 Å². The maximum Gasteiger partial charge on any atom is 0.268 e. The van der Waals surface area contributed by atoms with E-state index in [9.17, 15) is 0 Å². The lowest BCUT2D eigenvalue weighted by molar-refractivity contribution is 0.369. The van der Waals surface area contributed by atoms with Crippen molar-refractivity contribution in [2.24, 2.45) is 0 Å². The highest BCUT2D eigenvalue weighted by Crippen LogP contribution is 2.34. The molecule has 0 aliphatic rings. The van der Waals surface area contributed by atoms with Gasteiger partial charge in [0, 0.05) is 10.0 Å². The van der Waals surface area contributed by atoms with Gasteiger partial charge in [-0.25, -0.2) is 4.98 Å². The van der Waals surface area contributed by atoms with E-state index < -0.39 is 0 Å². The minimum Gasteiger partial charge on any atom is -0.489 e. The standard InChI is InChI=1S/C11H9Cl2N3O2/c1-17-9-10(14)15-5-16-11(9)18-8-3-6(12)2-7(13)4-8/h2-5H,1H3,(H2,14,15,16). The molecule has 0 fully saturated rings. The van der Waals surface area contributed by atoms with Gasteiger partial charge in [-0.05, 0) is 18.2 Å². The summed E-state index contributed by atoms with van der Waals surface area (Å²) in [5.41, 5.74) is 5.64. The molecule has 94 valence electrons. The summed E-state index contributed by atoms with van der Waals surface area (Å²) < 4.78 is 10.6. The van der Waals surface area contributed by atoms with Gasteiger partial charge >= 0.3 is 0 Å². The molecular weight excluding hydrogens is 277 g/mol. The Hall–Kier alpha value is -1.72. The van der Waals surface area contributed by atoms with Crippen molar-refractivity contribution < 1.29 is 9.47 Å². The fourth-order valence-electron chi connectivity index (χ4n) is 1.33. The average Bonchev–Trinajstić information content (AvgIpc) is 2.27. The third-order valence-corrected chi connectivity index (χ3v) is 2.49. The van der Waals surface area contributed by atoms with Crippen LogP contribution >= 0.6 is 23.2 Å². The van der Waals surface area contributed by atoms with Gasteiger partial charge in [0.25, 0.3) is 5.88 Å². The number of methoxy groups -OCH3 is 1. The number of hydrogen-bond donors (Lipinski definition) is 1. The van der Waals surface area contributed by atoms with E-state index in [2.05, 4.69) is 9.97 Å². The molecule has 0 radical (unpaired) electrons.